The Morgan fingerprint density at radius 3 is 2.75 bits per heavy atom. The van der Waals surface area contributed by atoms with Crippen LogP contribution in [0, 0.1) is 10.1 Å². The first kappa shape index (κ1) is 12.6. The number of nitrogens with zero attached hydrogens (tertiary/aromatic N) is 1. The molecular formula is C9H10BrN3O3. The Balaban J connectivity index is 2.72. The molecule has 0 unspecified atom stereocenters. The molecule has 0 aliphatic rings. The SMILES string of the molecule is NC(=O)CNCc1cc(Br)cc([N+](=O)[O-])c1. The molecule has 1 aromatic rings. The molecule has 0 saturated carbocycles. The number of hydrogen-bond acceptors (Lipinski definition) is 4. The number of hydrogen-bond donors (Lipinski definition) is 2. The fraction of sp³-hybridized carbons (Fsp3) is 0.222. The molecule has 0 fully saturated rings. The third-order valence-electron chi connectivity index (χ3n) is 1.78. The number of non-ortho nitro benzene ring substituents is 1. The Labute approximate surface area is 100 Å². The van der Waals surface area contributed by atoms with E-state index in [1.54, 1.807) is 6.07 Å². The molecule has 86 valence electrons. The van der Waals surface area contributed by atoms with Gasteiger partial charge in [0.2, 0.25) is 5.91 Å². The van der Waals surface area contributed by atoms with Crippen LogP contribution in [0.25, 0.3) is 0 Å². The monoisotopic (exact) mass is 287 g/mol. The lowest BCUT2D eigenvalue weighted by molar-refractivity contribution is -0.385. The number of nitrogens with two attached hydrogens (primary N) is 1. The molecule has 0 aliphatic carbocycles. The number of rotatable bonds is 5. The fourth-order valence-corrected chi connectivity index (χ4v) is 1.70. The molecule has 0 saturated heterocycles. The third-order valence-corrected chi connectivity index (χ3v) is 2.24. The van der Waals surface area contributed by atoms with Crippen LogP contribution in [-0.2, 0) is 11.3 Å². The Bertz CT molecular complexity index is 422. The minimum Gasteiger partial charge on any atom is -0.369 e. The van der Waals surface area contributed by atoms with Gasteiger partial charge in [-0.1, -0.05) is 15.9 Å². The number of carbonyl (C=O) groups is 1. The number of benzene rings is 1. The lowest BCUT2D eigenvalue weighted by Gasteiger charge is -2.03. The van der Waals surface area contributed by atoms with Crippen molar-refractivity contribution in [2.24, 2.45) is 5.73 Å². The maximum atomic E-state index is 10.6. The van der Waals surface area contributed by atoms with Crippen molar-refractivity contribution < 1.29 is 9.72 Å². The summed E-state index contributed by atoms with van der Waals surface area (Å²) in [6.45, 7) is 0.392. The summed E-state index contributed by atoms with van der Waals surface area (Å²) < 4.78 is 0.623. The number of primary amides is 1. The van der Waals surface area contributed by atoms with Crippen LogP contribution in [-0.4, -0.2) is 17.4 Å². The van der Waals surface area contributed by atoms with Crippen molar-refractivity contribution in [2.75, 3.05) is 6.54 Å². The number of halogens is 1. The zero-order chi connectivity index (χ0) is 12.1. The lowest BCUT2D eigenvalue weighted by atomic mass is 10.2. The van der Waals surface area contributed by atoms with Gasteiger partial charge in [0.25, 0.3) is 5.69 Å². The van der Waals surface area contributed by atoms with E-state index in [0.717, 1.165) is 0 Å². The highest BCUT2D eigenvalue weighted by Gasteiger charge is 2.08. The maximum Gasteiger partial charge on any atom is 0.270 e. The van der Waals surface area contributed by atoms with Crippen LogP contribution in [0.15, 0.2) is 22.7 Å². The average Bonchev–Trinajstić information content (AvgIpc) is 2.16. The second kappa shape index (κ2) is 5.57. The van der Waals surface area contributed by atoms with Gasteiger partial charge >= 0.3 is 0 Å². The van der Waals surface area contributed by atoms with Gasteiger partial charge in [-0.25, -0.2) is 0 Å². The Kier molecular flexibility index (Phi) is 4.39. The zero-order valence-electron chi connectivity index (χ0n) is 8.27. The van der Waals surface area contributed by atoms with Crippen LogP contribution in [0.2, 0.25) is 0 Å². The van der Waals surface area contributed by atoms with E-state index in [4.69, 9.17) is 5.73 Å². The first-order chi connectivity index (χ1) is 7.49. The van der Waals surface area contributed by atoms with E-state index >= 15 is 0 Å². The van der Waals surface area contributed by atoms with E-state index in [0.29, 0.717) is 16.6 Å². The second-order valence-electron chi connectivity index (χ2n) is 3.14. The van der Waals surface area contributed by atoms with Gasteiger partial charge < -0.3 is 11.1 Å². The van der Waals surface area contributed by atoms with Gasteiger partial charge in [0.1, 0.15) is 0 Å². The molecule has 1 rings (SSSR count). The Hall–Kier alpha value is -1.47. The van der Waals surface area contributed by atoms with Crippen molar-refractivity contribution >= 4 is 27.5 Å². The van der Waals surface area contributed by atoms with Gasteiger partial charge in [-0.3, -0.25) is 14.9 Å². The Morgan fingerprint density at radius 2 is 2.19 bits per heavy atom. The van der Waals surface area contributed by atoms with Gasteiger partial charge in [0.15, 0.2) is 0 Å². The van der Waals surface area contributed by atoms with Crippen molar-refractivity contribution in [1.29, 1.82) is 0 Å². The standard InChI is InChI=1S/C9H10BrN3O3/c10-7-1-6(4-12-5-9(11)14)2-8(3-7)13(15)16/h1-3,12H,4-5H2,(H2,11,14). The molecule has 3 N–H and O–H groups in total. The fourth-order valence-electron chi connectivity index (χ4n) is 1.17. The first-order valence-electron chi connectivity index (χ1n) is 4.42. The molecule has 1 amide bonds. The molecule has 0 radical (unpaired) electrons. The summed E-state index contributed by atoms with van der Waals surface area (Å²) in [5.41, 5.74) is 5.66. The maximum absolute atomic E-state index is 10.6. The molecule has 0 aromatic heterocycles. The molecule has 1 aromatic carbocycles. The molecule has 6 nitrogen and oxygen atoms in total. The number of nitro benzene ring substituents is 1. The summed E-state index contributed by atoms with van der Waals surface area (Å²) in [4.78, 5) is 20.6. The summed E-state index contributed by atoms with van der Waals surface area (Å²) in [5, 5.41) is 13.4. The van der Waals surface area contributed by atoms with Gasteiger partial charge in [-0.15, -0.1) is 0 Å². The van der Waals surface area contributed by atoms with Crippen molar-refractivity contribution in [3.05, 3.63) is 38.3 Å². The average molecular weight is 288 g/mol. The second-order valence-corrected chi connectivity index (χ2v) is 4.06. The number of amides is 1. The van der Waals surface area contributed by atoms with E-state index in [2.05, 4.69) is 21.2 Å². The molecule has 7 heteroatoms. The summed E-state index contributed by atoms with van der Waals surface area (Å²) >= 11 is 3.18. The predicted molar refractivity (Wildman–Crippen MR) is 61.7 cm³/mol. The van der Waals surface area contributed by atoms with E-state index in [-0.39, 0.29) is 12.2 Å². The van der Waals surface area contributed by atoms with E-state index in [9.17, 15) is 14.9 Å². The van der Waals surface area contributed by atoms with Crippen molar-refractivity contribution in [2.45, 2.75) is 6.54 Å². The minimum absolute atomic E-state index is 0.00486. The summed E-state index contributed by atoms with van der Waals surface area (Å²) in [5.74, 6) is -0.468. The van der Waals surface area contributed by atoms with Crippen LogP contribution in [0.3, 0.4) is 0 Å². The molecule has 0 atom stereocenters. The number of carbonyl (C=O) groups excluding carboxylic acids is 1. The van der Waals surface area contributed by atoms with E-state index < -0.39 is 10.8 Å². The van der Waals surface area contributed by atoms with Gasteiger partial charge in [0, 0.05) is 23.2 Å². The summed E-state index contributed by atoms with van der Waals surface area (Å²) in [6.07, 6.45) is 0. The van der Waals surface area contributed by atoms with Crippen LogP contribution in [0.1, 0.15) is 5.56 Å². The normalized spacial score (nSPS) is 10.1. The molecule has 16 heavy (non-hydrogen) atoms. The van der Waals surface area contributed by atoms with Crippen LogP contribution >= 0.6 is 15.9 Å². The van der Waals surface area contributed by atoms with Crippen LogP contribution in [0.5, 0.6) is 0 Å². The Morgan fingerprint density at radius 1 is 1.50 bits per heavy atom. The van der Waals surface area contributed by atoms with E-state index in [1.165, 1.54) is 12.1 Å². The van der Waals surface area contributed by atoms with E-state index in [1.807, 2.05) is 0 Å². The topological polar surface area (TPSA) is 98.3 Å². The largest absolute Gasteiger partial charge is 0.369 e. The molecule has 0 heterocycles. The van der Waals surface area contributed by atoms with Gasteiger partial charge in [-0.2, -0.15) is 0 Å². The van der Waals surface area contributed by atoms with Gasteiger partial charge in [0.05, 0.1) is 11.5 Å². The zero-order valence-corrected chi connectivity index (χ0v) is 9.86. The minimum atomic E-state index is -0.470. The lowest BCUT2D eigenvalue weighted by Crippen LogP contribution is -2.28. The smallest absolute Gasteiger partial charge is 0.270 e. The highest BCUT2D eigenvalue weighted by Crippen LogP contribution is 2.21. The van der Waals surface area contributed by atoms with Crippen LogP contribution < -0.4 is 11.1 Å². The van der Waals surface area contributed by atoms with Gasteiger partial charge in [-0.05, 0) is 11.6 Å². The van der Waals surface area contributed by atoms with Crippen molar-refractivity contribution in [3.8, 4) is 0 Å². The number of nitrogens with one attached hydrogen (secondary N) is 1. The highest BCUT2D eigenvalue weighted by molar-refractivity contribution is 9.10. The first-order valence-corrected chi connectivity index (χ1v) is 5.21. The summed E-state index contributed by atoms with van der Waals surface area (Å²) in [6, 6.07) is 4.59. The molecular weight excluding hydrogens is 278 g/mol. The quantitative estimate of drug-likeness (QED) is 0.622. The number of nitro groups is 1. The van der Waals surface area contributed by atoms with Crippen molar-refractivity contribution in [3.63, 3.8) is 0 Å². The van der Waals surface area contributed by atoms with Crippen LogP contribution in [0.4, 0.5) is 5.69 Å². The summed E-state index contributed by atoms with van der Waals surface area (Å²) in [7, 11) is 0. The van der Waals surface area contributed by atoms with Crippen molar-refractivity contribution in [1.82, 2.24) is 5.32 Å². The third kappa shape index (κ3) is 3.95. The highest BCUT2D eigenvalue weighted by atomic mass is 79.9. The molecule has 0 aliphatic heterocycles. The molecule has 0 spiro atoms. The predicted octanol–water partition coefficient (Wildman–Crippen LogP) is 0.932. The molecule has 0 bridgehead atoms.